The second-order valence-electron chi connectivity index (χ2n) is 4.21. The Morgan fingerprint density at radius 3 is 2.89 bits per heavy atom. The van der Waals surface area contributed by atoms with Gasteiger partial charge in [-0.05, 0) is 28.8 Å². The lowest BCUT2D eigenvalue weighted by Gasteiger charge is -2.18. The number of ether oxygens (including phenoxy) is 2. The molecule has 1 heterocycles. The van der Waals surface area contributed by atoms with E-state index in [1.807, 2.05) is 4.68 Å². The van der Waals surface area contributed by atoms with E-state index in [1.54, 1.807) is 13.3 Å². The average Bonchev–Trinajstić information content (AvgIpc) is 2.78. The molecule has 1 unspecified atom stereocenters. The van der Waals surface area contributed by atoms with Gasteiger partial charge in [0.15, 0.2) is 0 Å². The van der Waals surface area contributed by atoms with Crippen molar-refractivity contribution in [2.24, 2.45) is 5.84 Å². The Labute approximate surface area is 122 Å². The minimum atomic E-state index is 0.00517. The lowest BCUT2D eigenvalue weighted by molar-refractivity contribution is 0.123. The van der Waals surface area contributed by atoms with E-state index >= 15 is 0 Å². The fourth-order valence-electron chi connectivity index (χ4n) is 1.82. The molecule has 1 aromatic rings. The van der Waals surface area contributed by atoms with Crippen molar-refractivity contribution in [1.82, 2.24) is 15.2 Å². The molecule has 0 saturated carbocycles. The van der Waals surface area contributed by atoms with Crippen LogP contribution in [-0.2, 0) is 16.0 Å². The zero-order chi connectivity index (χ0) is 14.1. The van der Waals surface area contributed by atoms with Crippen LogP contribution in [0.5, 0.6) is 0 Å². The largest absolute Gasteiger partial charge is 0.383 e. The van der Waals surface area contributed by atoms with Crippen molar-refractivity contribution in [1.29, 1.82) is 0 Å². The summed E-state index contributed by atoms with van der Waals surface area (Å²) in [7, 11) is 1.68. The molecule has 7 heteroatoms. The lowest BCUT2D eigenvalue weighted by Crippen LogP contribution is -2.31. The van der Waals surface area contributed by atoms with E-state index in [4.69, 9.17) is 15.3 Å². The SMILES string of the molecule is CCCOCCC(NN)c1c(Br)cnn1CCOC. The third kappa shape index (κ3) is 5.19. The molecule has 0 aliphatic carbocycles. The van der Waals surface area contributed by atoms with Gasteiger partial charge in [-0.3, -0.25) is 16.0 Å². The maximum absolute atomic E-state index is 5.65. The second kappa shape index (κ2) is 9.44. The second-order valence-corrected chi connectivity index (χ2v) is 5.07. The quantitative estimate of drug-likeness (QED) is 0.386. The summed E-state index contributed by atoms with van der Waals surface area (Å²) in [6.07, 6.45) is 3.60. The van der Waals surface area contributed by atoms with Crippen molar-refractivity contribution in [3.05, 3.63) is 16.4 Å². The van der Waals surface area contributed by atoms with Gasteiger partial charge in [0.2, 0.25) is 0 Å². The minimum Gasteiger partial charge on any atom is -0.383 e. The molecular formula is C12H23BrN4O2. The molecule has 0 bridgehead atoms. The molecule has 1 atom stereocenters. The van der Waals surface area contributed by atoms with Crippen molar-refractivity contribution >= 4 is 15.9 Å². The zero-order valence-corrected chi connectivity index (χ0v) is 13.1. The molecule has 0 saturated heterocycles. The standard InChI is InChI=1S/C12H23BrN4O2/c1-3-6-19-7-4-11(16-14)12-10(13)9-15-17(12)5-8-18-2/h9,11,16H,3-8,14H2,1-2H3. The molecule has 19 heavy (non-hydrogen) atoms. The molecule has 1 aromatic heterocycles. The first-order valence-corrected chi connectivity index (χ1v) is 7.27. The first-order valence-electron chi connectivity index (χ1n) is 6.48. The molecule has 6 nitrogen and oxygen atoms in total. The predicted octanol–water partition coefficient (Wildman–Crippen LogP) is 1.61. The Bertz CT molecular complexity index is 359. The summed E-state index contributed by atoms with van der Waals surface area (Å²) in [5.41, 5.74) is 3.85. The maximum atomic E-state index is 5.65. The van der Waals surface area contributed by atoms with Gasteiger partial charge in [-0.15, -0.1) is 0 Å². The zero-order valence-electron chi connectivity index (χ0n) is 11.6. The number of rotatable bonds is 10. The number of halogens is 1. The Kier molecular flexibility index (Phi) is 8.24. The van der Waals surface area contributed by atoms with Gasteiger partial charge in [0.25, 0.3) is 0 Å². The van der Waals surface area contributed by atoms with E-state index in [-0.39, 0.29) is 6.04 Å². The van der Waals surface area contributed by atoms with Crippen molar-refractivity contribution in [2.75, 3.05) is 26.9 Å². The molecule has 0 aromatic carbocycles. The van der Waals surface area contributed by atoms with Crippen molar-refractivity contribution < 1.29 is 9.47 Å². The number of methoxy groups -OCH3 is 1. The molecule has 0 amide bonds. The molecule has 110 valence electrons. The van der Waals surface area contributed by atoms with Gasteiger partial charge >= 0.3 is 0 Å². The Hall–Kier alpha value is -0.470. The summed E-state index contributed by atoms with van der Waals surface area (Å²) in [6.45, 7) is 4.86. The molecule has 0 aliphatic rings. The van der Waals surface area contributed by atoms with Crippen LogP contribution in [0.15, 0.2) is 10.7 Å². The Balaban J connectivity index is 2.65. The molecular weight excluding hydrogens is 312 g/mol. The van der Waals surface area contributed by atoms with Gasteiger partial charge in [0.1, 0.15) is 0 Å². The van der Waals surface area contributed by atoms with E-state index in [2.05, 4.69) is 33.4 Å². The fourth-order valence-corrected chi connectivity index (χ4v) is 2.39. The van der Waals surface area contributed by atoms with Gasteiger partial charge in [-0.2, -0.15) is 5.10 Å². The normalized spacial score (nSPS) is 12.8. The molecule has 1 rings (SSSR count). The van der Waals surface area contributed by atoms with E-state index < -0.39 is 0 Å². The predicted molar refractivity (Wildman–Crippen MR) is 77.6 cm³/mol. The topological polar surface area (TPSA) is 74.3 Å². The van der Waals surface area contributed by atoms with Crippen molar-refractivity contribution in [3.8, 4) is 0 Å². The first kappa shape index (κ1) is 16.6. The van der Waals surface area contributed by atoms with Gasteiger partial charge in [-0.25, -0.2) is 0 Å². The van der Waals surface area contributed by atoms with Crippen LogP contribution in [0, 0.1) is 0 Å². The molecule has 0 fully saturated rings. The van der Waals surface area contributed by atoms with Crippen LogP contribution in [-0.4, -0.2) is 36.7 Å². The smallest absolute Gasteiger partial charge is 0.0711 e. The summed E-state index contributed by atoms with van der Waals surface area (Å²) in [5.74, 6) is 5.65. The number of nitrogens with zero attached hydrogens (tertiary/aromatic N) is 2. The highest BCUT2D eigenvalue weighted by molar-refractivity contribution is 9.10. The van der Waals surface area contributed by atoms with Gasteiger partial charge < -0.3 is 9.47 Å². The van der Waals surface area contributed by atoms with Gasteiger partial charge in [-0.1, -0.05) is 6.92 Å². The van der Waals surface area contributed by atoms with Crippen LogP contribution in [0.25, 0.3) is 0 Å². The highest BCUT2D eigenvalue weighted by atomic mass is 79.9. The molecule has 0 spiro atoms. The van der Waals surface area contributed by atoms with Crippen molar-refractivity contribution in [3.63, 3.8) is 0 Å². The summed E-state index contributed by atoms with van der Waals surface area (Å²) in [4.78, 5) is 0. The number of hydrazine groups is 1. The Morgan fingerprint density at radius 1 is 1.47 bits per heavy atom. The van der Waals surface area contributed by atoms with E-state index in [1.165, 1.54) is 0 Å². The minimum absolute atomic E-state index is 0.00517. The van der Waals surface area contributed by atoms with Crippen LogP contribution in [0.1, 0.15) is 31.5 Å². The average molecular weight is 335 g/mol. The van der Waals surface area contributed by atoms with Gasteiger partial charge in [0, 0.05) is 20.3 Å². The third-order valence-corrected chi connectivity index (χ3v) is 3.38. The summed E-state index contributed by atoms with van der Waals surface area (Å²) in [6, 6.07) is 0.00517. The van der Waals surface area contributed by atoms with Crippen LogP contribution in [0.4, 0.5) is 0 Å². The third-order valence-electron chi connectivity index (χ3n) is 2.77. The van der Waals surface area contributed by atoms with Crippen molar-refractivity contribution in [2.45, 2.75) is 32.4 Å². The van der Waals surface area contributed by atoms with E-state index in [0.717, 1.165) is 29.6 Å². The molecule has 3 N–H and O–H groups in total. The van der Waals surface area contributed by atoms with Crippen LogP contribution in [0.2, 0.25) is 0 Å². The maximum Gasteiger partial charge on any atom is 0.0711 e. The van der Waals surface area contributed by atoms with Crippen LogP contribution in [0.3, 0.4) is 0 Å². The number of nitrogens with two attached hydrogens (primary N) is 1. The number of hydrogen-bond acceptors (Lipinski definition) is 5. The monoisotopic (exact) mass is 334 g/mol. The Morgan fingerprint density at radius 2 is 2.26 bits per heavy atom. The number of hydrogen-bond donors (Lipinski definition) is 2. The van der Waals surface area contributed by atoms with Crippen LogP contribution < -0.4 is 11.3 Å². The lowest BCUT2D eigenvalue weighted by atomic mass is 10.1. The summed E-state index contributed by atoms with van der Waals surface area (Å²) in [5, 5.41) is 4.32. The van der Waals surface area contributed by atoms with E-state index in [9.17, 15) is 0 Å². The molecule has 0 radical (unpaired) electrons. The van der Waals surface area contributed by atoms with Gasteiger partial charge in [0.05, 0.1) is 35.6 Å². The number of nitrogens with one attached hydrogen (secondary N) is 1. The molecule has 0 aliphatic heterocycles. The summed E-state index contributed by atoms with van der Waals surface area (Å²) >= 11 is 3.51. The van der Waals surface area contributed by atoms with Crippen LogP contribution >= 0.6 is 15.9 Å². The highest BCUT2D eigenvalue weighted by Crippen LogP contribution is 2.25. The fraction of sp³-hybridized carbons (Fsp3) is 0.750. The number of aromatic nitrogens is 2. The van der Waals surface area contributed by atoms with E-state index in [0.29, 0.717) is 19.8 Å². The summed E-state index contributed by atoms with van der Waals surface area (Å²) < 4.78 is 13.4. The first-order chi connectivity index (χ1) is 9.24. The highest BCUT2D eigenvalue weighted by Gasteiger charge is 2.18.